The molecule has 0 saturated carbocycles. The summed E-state index contributed by atoms with van der Waals surface area (Å²) < 4.78 is 16.0. The van der Waals surface area contributed by atoms with Gasteiger partial charge in [-0.05, 0) is 49.1 Å². The Morgan fingerprint density at radius 2 is 1.53 bits per heavy atom. The molecule has 8 heteroatoms. The minimum Gasteiger partial charge on any atom is -0.490 e. The topological polar surface area (TPSA) is 103 Å². The number of anilines is 1. The Morgan fingerprint density at radius 3 is 2.15 bits per heavy atom. The summed E-state index contributed by atoms with van der Waals surface area (Å²) in [4.78, 5) is 36.3. The van der Waals surface area contributed by atoms with Crippen molar-refractivity contribution in [2.45, 2.75) is 46.5 Å². The first-order valence-corrected chi connectivity index (χ1v) is 11.4. The minimum atomic E-state index is -0.583. The number of carbonyl (C=O) groups is 3. The average Bonchev–Trinajstić information content (AvgIpc) is 2.79. The van der Waals surface area contributed by atoms with E-state index in [2.05, 4.69) is 31.4 Å². The van der Waals surface area contributed by atoms with Crippen LogP contribution in [0.2, 0.25) is 0 Å². The molecule has 0 radical (unpaired) electrons. The molecule has 0 aliphatic rings. The third-order valence-electron chi connectivity index (χ3n) is 4.82. The smallest absolute Gasteiger partial charge is 0.308 e. The number of hydrogen-bond acceptors (Lipinski definition) is 6. The van der Waals surface area contributed by atoms with Gasteiger partial charge in [0, 0.05) is 23.9 Å². The van der Waals surface area contributed by atoms with E-state index in [-0.39, 0.29) is 24.3 Å². The van der Waals surface area contributed by atoms with Gasteiger partial charge in [0.2, 0.25) is 0 Å². The van der Waals surface area contributed by atoms with E-state index < -0.39 is 18.5 Å². The van der Waals surface area contributed by atoms with Crippen LogP contribution < -0.4 is 20.1 Å². The van der Waals surface area contributed by atoms with Crippen molar-refractivity contribution < 1.29 is 28.6 Å². The van der Waals surface area contributed by atoms with Crippen molar-refractivity contribution in [1.82, 2.24) is 5.32 Å². The lowest BCUT2D eigenvalue weighted by Crippen LogP contribution is -2.27. The summed E-state index contributed by atoms with van der Waals surface area (Å²) in [7, 11) is 0. The Balaban J connectivity index is 1.75. The Bertz CT molecular complexity index is 980. The molecule has 0 unspecified atom stereocenters. The van der Waals surface area contributed by atoms with Crippen LogP contribution in [0.5, 0.6) is 11.5 Å². The van der Waals surface area contributed by atoms with Crippen molar-refractivity contribution in [2.24, 2.45) is 0 Å². The maximum Gasteiger partial charge on any atom is 0.308 e. The number of hydrogen-bond donors (Lipinski definition) is 2. The predicted octanol–water partition coefficient (Wildman–Crippen LogP) is 4.08. The molecule has 0 fully saturated rings. The molecule has 2 N–H and O–H groups in total. The summed E-state index contributed by atoms with van der Waals surface area (Å²) in [6.45, 7) is 10.6. The molecule has 0 aromatic heterocycles. The number of amides is 2. The summed E-state index contributed by atoms with van der Waals surface area (Å²) in [5, 5.41) is 5.34. The quantitative estimate of drug-likeness (QED) is 0.480. The molecular weight excluding hydrogens is 436 g/mol. The molecule has 2 rings (SSSR count). The number of benzene rings is 2. The maximum absolute atomic E-state index is 12.2. The van der Waals surface area contributed by atoms with Crippen LogP contribution in [-0.4, -0.2) is 44.1 Å². The van der Waals surface area contributed by atoms with E-state index in [0.717, 1.165) is 5.56 Å². The molecule has 0 atom stereocenters. The van der Waals surface area contributed by atoms with E-state index in [1.807, 2.05) is 26.0 Å². The number of esters is 1. The Hall–Kier alpha value is -3.55. The second-order valence-electron chi connectivity index (χ2n) is 8.57. The van der Waals surface area contributed by atoms with Crippen LogP contribution in [0, 0.1) is 0 Å². The first-order chi connectivity index (χ1) is 16.1. The number of rotatable bonds is 11. The molecule has 2 aromatic carbocycles. The zero-order chi connectivity index (χ0) is 25.1. The standard InChI is InChI=1S/C26H34N2O6/c1-6-32-21-13-12-20(16-22(21)33-7-2)28-23(29)17-34-24(30)14-15-27-25(31)18-8-10-19(11-9-18)26(3,4)5/h8-13,16H,6-7,14-15,17H2,1-5H3,(H,27,31)(H,28,29). The third kappa shape index (κ3) is 8.42. The number of carbonyl (C=O) groups excluding carboxylic acids is 3. The first-order valence-electron chi connectivity index (χ1n) is 11.4. The molecule has 0 aliphatic heterocycles. The van der Waals surface area contributed by atoms with E-state index in [9.17, 15) is 14.4 Å². The Kier molecular flexibility index (Phi) is 9.92. The summed E-state index contributed by atoms with van der Waals surface area (Å²) >= 11 is 0. The highest BCUT2D eigenvalue weighted by atomic mass is 16.5. The van der Waals surface area contributed by atoms with Gasteiger partial charge in [-0.15, -0.1) is 0 Å². The van der Waals surface area contributed by atoms with Crippen molar-refractivity contribution in [3.8, 4) is 11.5 Å². The van der Waals surface area contributed by atoms with Crippen LogP contribution in [0.15, 0.2) is 42.5 Å². The molecule has 34 heavy (non-hydrogen) atoms. The molecule has 184 valence electrons. The third-order valence-corrected chi connectivity index (χ3v) is 4.82. The Labute approximate surface area is 201 Å². The molecule has 0 heterocycles. The predicted molar refractivity (Wildman–Crippen MR) is 130 cm³/mol. The van der Waals surface area contributed by atoms with Gasteiger partial charge < -0.3 is 24.8 Å². The van der Waals surface area contributed by atoms with Gasteiger partial charge in [-0.25, -0.2) is 0 Å². The number of nitrogens with one attached hydrogen (secondary N) is 2. The zero-order valence-corrected chi connectivity index (χ0v) is 20.5. The fourth-order valence-corrected chi connectivity index (χ4v) is 3.05. The highest BCUT2D eigenvalue weighted by Gasteiger charge is 2.15. The van der Waals surface area contributed by atoms with Gasteiger partial charge in [0.05, 0.1) is 19.6 Å². The zero-order valence-electron chi connectivity index (χ0n) is 20.5. The highest BCUT2D eigenvalue weighted by molar-refractivity contribution is 5.95. The van der Waals surface area contributed by atoms with Crippen LogP contribution in [0.4, 0.5) is 5.69 Å². The lowest BCUT2D eigenvalue weighted by molar-refractivity contribution is -0.147. The molecule has 8 nitrogen and oxygen atoms in total. The monoisotopic (exact) mass is 470 g/mol. The minimum absolute atomic E-state index is 0.00352. The molecular formula is C26H34N2O6. The molecule has 2 aromatic rings. The van der Waals surface area contributed by atoms with Crippen LogP contribution in [-0.2, 0) is 19.7 Å². The van der Waals surface area contributed by atoms with E-state index in [1.165, 1.54) is 0 Å². The number of ether oxygens (including phenoxy) is 3. The van der Waals surface area contributed by atoms with E-state index >= 15 is 0 Å². The van der Waals surface area contributed by atoms with Gasteiger partial charge >= 0.3 is 5.97 Å². The van der Waals surface area contributed by atoms with Crippen LogP contribution in [0.25, 0.3) is 0 Å². The largest absolute Gasteiger partial charge is 0.490 e. The van der Waals surface area contributed by atoms with Gasteiger partial charge in [0.15, 0.2) is 18.1 Å². The van der Waals surface area contributed by atoms with E-state index in [1.54, 1.807) is 30.3 Å². The lowest BCUT2D eigenvalue weighted by Gasteiger charge is -2.19. The van der Waals surface area contributed by atoms with Crippen LogP contribution in [0.1, 0.15) is 57.0 Å². The molecule has 0 bridgehead atoms. The normalized spacial score (nSPS) is 10.9. The van der Waals surface area contributed by atoms with Crippen molar-refractivity contribution in [3.63, 3.8) is 0 Å². The van der Waals surface area contributed by atoms with Crippen LogP contribution >= 0.6 is 0 Å². The summed E-state index contributed by atoms with van der Waals surface area (Å²) in [5.41, 5.74) is 2.15. The summed E-state index contributed by atoms with van der Waals surface area (Å²) in [6, 6.07) is 12.4. The molecule has 2 amide bonds. The average molecular weight is 471 g/mol. The molecule has 0 saturated heterocycles. The maximum atomic E-state index is 12.2. The summed E-state index contributed by atoms with van der Waals surface area (Å²) in [6.07, 6.45) is -0.0450. The van der Waals surface area contributed by atoms with Gasteiger partial charge in [-0.3, -0.25) is 14.4 Å². The van der Waals surface area contributed by atoms with Crippen molar-refractivity contribution in [1.29, 1.82) is 0 Å². The van der Waals surface area contributed by atoms with Gasteiger partial charge in [0.1, 0.15) is 0 Å². The Morgan fingerprint density at radius 1 is 0.882 bits per heavy atom. The van der Waals surface area contributed by atoms with Crippen molar-refractivity contribution in [2.75, 3.05) is 31.7 Å². The molecule has 0 spiro atoms. The highest BCUT2D eigenvalue weighted by Crippen LogP contribution is 2.30. The fourth-order valence-electron chi connectivity index (χ4n) is 3.05. The molecule has 0 aliphatic carbocycles. The van der Waals surface area contributed by atoms with Gasteiger partial charge in [0.25, 0.3) is 11.8 Å². The van der Waals surface area contributed by atoms with Crippen molar-refractivity contribution in [3.05, 3.63) is 53.6 Å². The SMILES string of the molecule is CCOc1ccc(NC(=O)COC(=O)CCNC(=O)c2ccc(C(C)(C)C)cc2)cc1OCC. The van der Waals surface area contributed by atoms with Gasteiger partial charge in [-0.2, -0.15) is 0 Å². The second-order valence-corrected chi connectivity index (χ2v) is 8.57. The first kappa shape index (κ1) is 26.7. The van der Waals surface area contributed by atoms with Crippen molar-refractivity contribution >= 4 is 23.5 Å². The second kappa shape index (κ2) is 12.6. The van der Waals surface area contributed by atoms with Crippen LogP contribution in [0.3, 0.4) is 0 Å². The lowest BCUT2D eigenvalue weighted by atomic mass is 9.87. The summed E-state index contributed by atoms with van der Waals surface area (Å²) in [5.74, 6) is -0.237. The fraction of sp³-hybridized carbons (Fsp3) is 0.423. The van der Waals surface area contributed by atoms with E-state index in [4.69, 9.17) is 14.2 Å². The van der Waals surface area contributed by atoms with Gasteiger partial charge in [-0.1, -0.05) is 32.9 Å². The van der Waals surface area contributed by atoms with E-state index in [0.29, 0.717) is 36.0 Å².